The third kappa shape index (κ3) is 4.93. The van der Waals surface area contributed by atoms with Crippen molar-refractivity contribution >= 4 is 5.91 Å². The second-order valence-electron chi connectivity index (χ2n) is 6.26. The van der Waals surface area contributed by atoms with Crippen LogP contribution >= 0.6 is 0 Å². The van der Waals surface area contributed by atoms with Crippen molar-refractivity contribution in [1.29, 1.82) is 0 Å². The van der Waals surface area contributed by atoms with Crippen molar-refractivity contribution in [3.63, 3.8) is 0 Å². The molecule has 0 spiro atoms. The first-order valence-electron chi connectivity index (χ1n) is 8.09. The summed E-state index contributed by atoms with van der Waals surface area (Å²) in [6.45, 7) is 4.15. The van der Waals surface area contributed by atoms with Crippen LogP contribution in [0.15, 0.2) is 54.6 Å². The van der Waals surface area contributed by atoms with E-state index < -0.39 is 0 Å². The topological polar surface area (TPSA) is 46.3 Å². The molecule has 0 heterocycles. The van der Waals surface area contributed by atoms with Crippen molar-refractivity contribution in [1.82, 2.24) is 4.90 Å². The summed E-state index contributed by atoms with van der Waals surface area (Å²) in [6.07, 6.45) is 1.18. The van der Waals surface area contributed by atoms with Gasteiger partial charge in [-0.3, -0.25) is 4.79 Å². The first kappa shape index (κ1) is 17.2. The molecule has 0 bridgehead atoms. The van der Waals surface area contributed by atoms with Crippen molar-refractivity contribution in [3.05, 3.63) is 71.3 Å². The number of benzene rings is 2. The summed E-state index contributed by atoms with van der Waals surface area (Å²) in [6, 6.07) is 18.1. The van der Waals surface area contributed by atoms with Gasteiger partial charge in [0.2, 0.25) is 5.91 Å². The zero-order chi connectivity index (χ0) is 16.8. The van der Waals surface area contributed by atoms with E-state index in [1.54, 1.807) is 0 Å². The summed E-state index contributed by atoms with van der Waals surface area (Å²) in [5, 5.41) is 0. The van der Waals surface area contributed by atoms with E-state index in [2.05, 4.69) is 38.1 Å². The van der Waals surface area contributed by atoms with Crippen LogP contribution in [0, 0.1) is 6.92 Å². The number of carbonyl (C=O) groups excluding carboxylic acids is 1. The fourth-order valence-corrected chi connectivity index (χ4v) is 2.60. The van der Waals surface area contributed by atoms with Gasteiger partial charge in [0.25, 0.3) is 0 Å². The summed E-state index contributed by atoms with van der Waals surface area (Å²) in [5.41, 5.74) is 9.65. The summed E-state index contributed by atoms with van der Waals surface area (Å²) in [4.78, 5) is 14.3. The van der Waals surface area contributed by atoms with E-state index in [-0.39, 0.29) is 18.0 Å². The first-order valence-corrected chi connectivity index (χ1v) is 8.09. The number of carbonyl (C=O) groups is 1. The van der Waals surface area contributed by atoms with E-state index in [9.17, 15) is 4.79 Å². The molecule has 122 valence electrons. The molecule has 2 N–H and O–H groups in total. The molecule has 2 atom stereocenters. The highest BCUT2D eigenvalue weighted by molar-refractivity contribution is 5.77. The van der Waals surface area contributed by atoms with Gasteiger partial charge in [0.15, 0.2) is 0 Å². The van der Waals surface area contributed by atoms with Crippen LogP contribution in [0.5, 0.6) is 0 Å². The molecule has 0 fully saturated rings. The van der Waals surface area contributed by atoms with E-state index in [4.69, 9.17) is 5.73 Å². The first-order chi connectivity index (χ1) is 11.0. The van der Waals surface area contributed by atoms with Gasteiger partial charge in [-0.05, 0) is 31.4 Å². The molecular weight excluding hydrogens is 284 g/mol. The lowest BCUT2D eigenvalue weighted by Crippen LogP contribution is -2.37. The summed E-state index contributed by atoms with van der Waals surface area (Å²) in [7, 11) is 1.86. The smallest absolute Gasteiger partial charge is 0.224 e. The zero-order valence-electron chi connectivity index (χ0n) is 14.2. The van der Waals surface area contributed by atoms with Crippen LogP contribution in [0.4, 0.5) is 0 Å². The van der Waals surface area contributed by atoms with Gasteiger partial charge in [0, 0.05) is 25.6 Å². The quantitative estimate of drug-likeness (QED) is 0.888. The monoisotopic (exact) mass is 310 g/mol. The molecule has 0 aliphatic heterocycles. The highest BCUT2D eigenvalue weighted by Gasteiger charge is 2.19. The Labute approximate surface area is 139 Å². The third-order valence-corrected chi connectivity index (χ3v) is 4.33. The van der Waals surface area contributed by atoms with Crippen LogP contribution < -0.4 is 5.73 Å². The molecule has 0 radical (unpaired) electrons. The number of amides is 1. The summed E-state index contributed by atoms with van der Waals surface area (Å²) >= 11 is 0. The van der Waals surface area contributed by atoms with Crippen molar-refractivity contribution < 1.29 is 4.79 Å². The average Bonchev–Trinajstić information content (AvgIpc) is 2.56. The Morgan fingerprint density at radius 1 is 1.09 bits per heavy atom. The standard InChI is InChI=1S/C20H26N2O/c1-15-9-11-17(12-10-15)13-16(2)22(3)20(23)14-19(21)18-7-5-4-6-8-18/h4-12,16,19H,13-14,21H2,1-3H3. The fourth-order valence-electron chi connectivity index (χ4n) is 2.60. The number of hydrogen-bond acceptors (Lipinski definition) is 2. The Hall–Kier alpha value is -2.13. The van der Waals surface area contributed by atoms with Gasteiger partial charge in [0.1, 0.15) is 0 Å². The minimum absolute atomic E-state index is 0.0842. The number of nitrogens with zero attached hydrogens (tertiary/aromatic N) is 1. The van der Waals surface area contributed by atoms with Gasteiger partial charge in [-0.1, -0.05) is 60.2 Å². The Balaban J connectivity index is 1.92. The second kappa shape index (κ2) is 7.93. The Morgan fingerprint density at radius 3 is 2.30 bits per heavy atom. The van der Waals surface area contributed by atoms with Gasteiger partial charge in [0.05, 0.1) is 0 Å². The normalized spacial score (nSPS) is 13.4. The molecule has 23 heavy (non-hydrogen) atoms. The van der Waals surface area contributed by atoms with Crippen LogP contribution in [0.2, 0.25) is 0 Å². The van der Waals surface area contributed by atoms with Gasteiger partial charge in [-0.15, -0.1) is 0 Å². The molecule has 0 saturated heterocycles. The maximum atomic E-state index is 12.5. The molecule has 2 aromatic carbocycles. The number of nitrogens with two attached hydrogens (primary N) is 1. The predicted molar refractivity (Wildman–Crippen MR) is 95.1 cm³/mol. The Kier molecular flexibility index (Phi) is 5.94. The zero-order valence-corrected chi connectivity index (χ0v) is 14.2. The molecule has 2 rings (SSSR count). The van der Waals surface area contributed by atoms with Crippen molar-refractivity contribution in [3.8, 4) is 0 Å². The van der Waals surface area contributed by atoms with Gasteiger partial charge in [-0.25, -0.2) is 0 Å². The van der Waals surface area contributed by atoms with Crippen LogP contribution in [0.3, 0.4) is 0 Å². The van der Waals surface area contributed by atoms with Crippen LogP contribution in [-0.4, -0.2) is 23.9 Å². The lowest BCUT2D eigenvalue weighted by atomic mass is 10.0. The molecule has 0 saturated carbocycles. The minimum atomic E-state index is -0.252. The van der Waals surface area contributed by atoms with Crippen LogP contribution in [0.1, 0.15) is 36.1 Å². The lowest BCUT2D eigenvalue weighted by Gasteiger charge is -2.26. The largest absolute Gasteiger partial charge is 0.343 e. The third-order valence-electron chi connectivity index (χ3n) is 4.33. The number of hydrogen-bond donors (Lipinski definition) is 1. The van der Waals surface area contributed by atoms with Crippen molar-refractivity contribution in [2.45, 2.75) is 38.8 Å². The van der Waals surface area contributed by atoms with E-state index >= 15 is 0 Å². The van der Waals surface area contributed by atoms with E-state index in [0.29, 0.717) is 6.42 Å². The highest BCUT2D eigenvalue weighted by atomic mass is 16.2. The summed E-state index contributed by atoms with van der Waals surface area (Å²) in [5.74, 6) is 0.0842. The van der Waals surface area contributed by atoms with E-state index in [1.165, 1.54) is 11.1 Å². The fraction of sp³-hybridized carbons (Fsp3) is 0.350. The van der Waals surface area contributed by atoms with E-state index in [0.717, 1.165) is 12.0 Å². The van der Waals surface area contributed by atoms with Crippen molar-refractivity contribution in [2.24, 2.45) is 5.73 Å². The van der Waals surface area contributed by atoms with E-state index in [1.807, 2.05) is 42.3 Å². The molecule has 0 aliphatic rings. The predicted octanol–water partition coefficient (Wildman–Crippen LogP) is 3.47. The molecule has 0 aliphatic carbocycles. The molecular formula is C20H26N2O. The van der Waals surface area contributed by atoms with Crippen LogP contribution in [-0.2, 0) is 11.2 Å². The number of likely N-dealkylation sites (N-methyl/N-ethyl adjacent to an activating group) is 1. The second-order valence-corrected chi connectivity index (χ2v) is 6.26. The van der Waals surface area contributed by atoms with Gasteiger partial charge >= 0.3 is 0 Å². The van der Waals surface area contributed by atoms with Gasteiger partial charge in [-0.2, -0.15) is 0 Å². The lowest BCUT2D eigenvalue weighted by molar-refractivity contribution is -0.132. The van der Waals surface area contributed by atoms with Crippen molar-refractivity contribution in [2.75, 3.05) is 7.05 Å². The number of rotatable bonds is 6. The maximum absolute atomic E-state index is 12.5. The molecule has 2 unspecified atom stereocenters. The average molecular weight is 310 g/mol. The minimum Gasteiger partial charge on any atom is -0.343 e. The molecule has 0 aromatic heterocycles. The van der Waals surface area contributed by atoms with Crippen LogP contribution in [0.25, 0.3) is 0 Å². The Bertz CT molecular complexity index is 622. The molecule has 2 aromatic rings. The maximum Gasteiger partial charge on any atom is 0.224 e. The molecule has 1 amide bonds. The van der Waals surface area contributed by atoms with Gasteiger partial charge < -0.3 is 10.6 Å². The summed E-state index contributed by atoms with van der Waals surface area (Å²) < 4.78 is 0. The highest BCUT2D eigenvalue weighted by Crippen LogP contribution is 2.16. The number of aryl methyl sites for hydroxylation is 1. The molecule has 3 nitrogen and oxygen atoms in total. The molecule has 3 heteroatoms. The SMILES string of the molecule is Cc1ccc(CC(C)N(C)C(=O)CC(N)c2ccccc2)cc1. The Morgan fingerprint density at radius 2 is 1.70 bits per heavy atom.